The molecule has 3 unspecified atom stereocenters. The Labute approximate surface area is 225 Å². The van der Waals surface area contributed by atoms with Crippen molar-refractivity contribution in [2.75, 3.05) is 45.9 Å². The van der Waals surface area contributed by atoms with Gasteiger partial charge >= 0.3 is 0 Å². The van der Waals surface area contributed by atoms with E-state index in [9.17, 15) is 24.8 Å². The molecule has 7 atom stereocenters. The number of nitriles is 1. The summed E-state index contributed by atoms with van der Waals surface area (Å²) >= 11 is 0. The molecule has 4 fully saturated rings. The Hall–Kier alpha value is -2.26. The normalized spacial score (nSPS) is 32.2. The second-order valence-corrected chi connectivity index (χ2v) is 13.1. The first-order valence-electron chi connectivity index (χ1n) is 13.8. The van der Waals surface area contributed by atoms with Gasteiger partial charge in [0.05, 0.1) is 25.8 Å². The van der Waals surface area contributed by atoms with E-state index in [-0.39, 0.29) is 47.9 Å². The van der Waals surface area contributed by atoms with Gasteiger partial charge in [0.25, 0.3) is 0 Å². The number of amides is 3. The molecule has 3 saturated heterocycles. The molecule has 1 aliphatic carbocycles. The lowest BCUT2D eigenvalue weighted by Crippen LogP contribution is -2.63. The minimum atomic E-state index is -0.977. The van der Waals surface area contributed by atoms with Crippen LogP contribution in [0.3, 0.4) is 0 Å². The van der Waals surface area contributed by atoms with Crippen LogP contribution in [-0.2, 0) is 19.1 Å². The number of fused-ring (bicyclic) bond motifs is 1. The summed E-state index contributed by atoms with van der Waals surface area (Å²) in [5, 5.41) is 23.7. The maximum atomic E-state index is 14.4. The molecule has 1 saturated carbocycles. The molecule has 4 N–H and O–H groups in total. The quantitative estimate of drug-likeness (QED) is 0.387. The fourth-order valence-corrected chi connectivity index (χ4v) is 6.94. The van der Waals surface area contributed by atoms with E-state index >= 15 is 0 Å². The number of ether oxygens (including phenoxy) is 1. The monoisotopic (exact) mass is 532 g/mol. The lowest BCUT2D eigenvalue weighted by Gasteiger charge is -2.45. The van der Waals surface area contributed by atoms with Crippen molar-refractivity contribution in [3.05, 3.63) is 0 Å². The summed E-state index contributed by atoms with van der Waals surface area (Å²) in [5.74, 6) is -1.24. The molecule has 11 heteroatoms. The van der Waals surface area contributed by atoms with Gasteiger partial charge in [-0.1, -0.05) is 34.6 Å². The van der Waals surface area contributed by atoms with Gasteiger partial charge in [0.2, 0.25) is 17.7 Å². The van der Waals surface area contributed by atoms with Crippen LogP contribution in [0.2, 0.25) is 0 Å². The van der Waals surface area contributed by atoms with Gasteiger partial charge in [0.1, 0.15) is 24.4 Å². The molecule has 38 heavy (non-hydrogen) atoms. The summed E-state index contributed by atoms with van der Waals surface area (Å²) in [4.78, 5) is 46.0. The van der Waals surface area contributed by atoms with Gasteiger partial charge in [0.15, 0.2) is 0 Å². The fourth-order valence-electron chi connectivity index (χ4n) is 6.94. The number of carbonyl (C=O) groups excluding carboxylic acids is 3. The van der Waals surface area contributed by atoms with Crippen molar-refractivity contribution < 1.29 is 24.2 Å². The van der Waals surface area contributed by atoms with Gasteiger partial charge in [-0.3, -0.25) is 24.6 Å². The fraction of sp³-hybridized carbons (Fsp3) is 0.852. The molecule has 0 aromatic carbocycles. The van der Waals surface area contributed by atoms with Crippen LogP contribution in [0, 0.1) is 39.9 Å². The molecule has 0 spiro atoms. The molecular formula is C27H44N6O5. The van der Waals surface area contributed by atoms with Gasteiger partial charge in [0, 0.05) is 25.6 Å². The van der Waals surface area contributed by atoms with Crippen molar-refractivity contribution in [3.63, 3.8) is 0 Å². The summed E-state index contributed by atoms with van der Waals surface area (Å²) < 4.78 is 5.43. The number of nitrogens with one attached hydrogen (secondary N) is 1. The molecule has 3 heterocycles. The average Bonchev–Trinajstić information content (AvgIpc) is 3.20. The number of nitrogens with two attached hydrogens (primary N) is 1. The van der Waals surface area contributed by atoms with Crippen molar-refractivity contribution in [3.8, 4) is 6.07 Å². The number of likely N-dealkylation sites (tertiary alicyclic amines) is 1. The molecule has 4 rings (SSSR count). The third-order valence-electron chi connectivity index (χ3n) is 9.19. The Kier molecular flexibility index (Phi) is 8.11. The van der Waals surface area contributed by atoms with Crippen molar-refractivity contribution in [2.24, 2.45) is 34.3 Å². The minimum Gasteiger partial charge on any atom is -0.379 e. The number of hydrogen-bond acceptors (Lipinski definition) is 8. The Morgan fingerprint density at radius 1 is 1.26 bits per heavy atom. The van der Waals surface area contributed by atoms with Crippen LogP contribution in [0.5, 0.6) is 0 Å². The third-order valence-corrected chi connectivity index (χ3v) is 9.19. The molecule has 0 radical (unpaired) electrons. The number of aliphatic hydroxyl groups is 1. The first-order chi connectivity index (χ1) is 17.8. The van der Waals surface area contributed by atoms with Gasteiger partial charge < -0.3 is 25.4 Å². The average molecular weight is 533 g/mol. The lowest BCUT2D eigenvalue weighted by molar-refractivity contribution is -0.156. The van der Waals surface area contributed by atoms with E-state index in [1.807, 2.05) is 25.7 Å². The number of nitrogens with zero attached hydrogens (tertiary/aromatic N) is 4. The zero-order chi connectivity index (χ0) is 28.0. The number of piperidine rings is 1. The Bertz CT molecular complexity index is 968. The van der Waals surface area contributed by atoms with Gasteiger partial charge in [-0.05, 0) is 42.1 Å². The maximum Gasteiger partial charge on any atom is 0.246 e. The number of hydrogen-bond donors (Lipinski definition) is 3. The van der Waals surface area contributed by atoms with Crippen LogP contribution in [0.4, 0.5) is 0 Å². The van der Waals surface area contributed by atoms with Crippen LogP contribution in [0.25, 0.3) is 0 Å². The predicted molar refractivity (Wildman–Crippen MR) is 139 cm³/mol. The second-order valence-electron chi connectivity index (χ2n) is 13.1. The number of rotatable bonds is 8. The Morgan fingerprint density at radius 3 is 2.45 bits per heavy atom. The SMILES string of the molecule is CC1(C)C2CN(C(=O)[C@@H](N(C(=O)CN3CCOCC3)[C@H](C#N)C[C@@H]3CCN[C@H]3O)C(C)(C)C)C(C(N)=O)C21. The van der Waals surface area contributed by atoms with E-state index in [0.29, 0.717) is 45.8 Å². The van der Waals surface area contributed by atoms with Crippen LogP contribution >= 0.6 is 0 Å². The highest BCUT2D eigenvalue weighted by molar-refractivity contribution is 5.94. The predicted octanol–water partition coefficient (Wildman–Crippen LogP) is -0.260. The van der Waals surface area contributed by atoms with E-state index < -0.39 is 35.7 Å². The van der Waals surface area contributed by atoms with Crippen LogP contribution < -0.4 is 11.1 Å². The van der Waals surface area contributed by atoms with Crippen LogP contribution in [0.15, 0.2) is 0 Å². The van der Waals surface area contributed by atoms with Crippen molar-refractivity contribution in [2.45, 2.75) is 71.8 Å². The standard InChI is InChI=1S/C27H44N6O5/c1-26(2,3)22(25(37)32-14-18-20(27(18,4)5)21(32)23(29)35)33(19(34)15-31-8-10-38-11-9-31)17(13-28)12-16-6-7-30-24(16)36/h16-18,20-22,24,30,36H,6-12,14-15H2,1-5H3,(H2,29,35)/t16-,17-,18?,20?,21?,22+,24-/m0/s1. The second kappa shape index (κ2) is 10.7. The van der Waals surface area contributed by atoms with E-state index in [1.165, 1.54) is 4.90 Å². The zero-order valence-corrected chi connectivity index (χ0v) is 23.4. The summed E-state index contributed by atoms with van der Waals surface area (Å²) in [6.45, 7) is 13.1. The first-order valence-corrected chi connectivity index (χ1v) is 13.8. The molecule has 0 bridgehead atoms. The van der Waals surface area contributed by atoms with Gasteiger partial charge in [-0.25, -0.2) is 0 Å². The molecule has 212 valence electrons. The molecule has 0 aromatic heterocycles. The van der Waals surface area contributed by atoms with Crippen LogP contribution in [0.1, 0.15) is 47.5 Å². The van der Waals surface area contributed by atoms with Gasteiger partial charge in [-0.2, -0.15) is 5.26 Å². The zero-order valence-electron chi connectivity index (χ0n) is 23.4. The number of carbonyl (C=O) groups is 3. The molecule has 0 aromatic rings. The van der Waals surface area contributed by atoms with Crippen molar-refractivity contribution in [1.82, 2.24) is 20.0 Å². The lowest BCUT2D eigenvalue weighted by atomic mass is 9.82. The molecule has 3 amide bonds. The largest absolute Gasteiger partial charge is 0.379 e. The first kappa shape index (κ1) is 28.7. The topological polar surface area (TPSA) is 152 Å². The molecule has 3 aliphatic heterocycles. The summed E-state index contributed by atoms with van der Waals surface area (Å²) in [5.41, 5.74) is 5.02. The van der Waals surface area contributed by atoms with E-state index in [1.54, 1.807) is 4.90 Å². The number of aliphatic hydroxyl groups excluding tert-OH is 1. The Morgan fingerprint density at radius 2 is 1.92 bits per heavy atom. The highest BCUT2D eigenvalue weighted by atomic mass is 16.5. The number of primary amides is 1. The van der Waals surface area contributed by atoms with Crippen molar-refractivity contribution in [1.29, 1.82) is 5.26 Å². The van der Waals surface area contributed by atoms with E-state index in [2.05, 4.69) is 25.2 Å². The van der Waals surface area contributed by atoms with E-state index in [0.717, 1.165) is 0 Å². The smallest absolute Gasteiger partial charge is 0.246 e. The molecule has 11 nitrogen and oxygen atoms in total. The third kappa shape index (κ3) is 5.41. The summed E-state index contributed by atoms with van der Waals surface area (Å²) in [6, 6.07) is -0.337. The van der Waals surface area contributed by atoms with Crippen molar-refractivity contribution >= 4 is 17.7 Å². The minimum absolute atomic E-state index is 0.00598. The molecule has 4 aliphatic rings. The number of morpholine rings is 1. The highest BCUT2D eigenvalue weighted by Gasteiger charge is 2.69. The van der Waals surface area contributed by atoms with E-state index in [4.69, 9.17) is 10.5 Å². The van der Waals surface area contributed by atoms with Gasteiger partial charge in [-0.15, -0.1) is 0 Å². The summed E-state index contributed by atoms with van der Waals surface area (Å²) in [6.07, 6.45) is 0.155. The Balaban J connectivity index is 1.68. The van der Waals surface area contributed by atoms with Crippen LogP contribution in [-0.4, -0.2) is 108 Å². The maximum absolute atomic E-state index is 14.4. The molecular weight excluding hydrogens is 488 g/mol. The summed E-state index contributed by atoms with van der Waals surface area (Å²) in [7, 11) is 0. The highest BCUT2D eigenvalue weighted by Crippen LogP contribution is 2.65.